The number of ether oxygens (including phenoxy) is 1. The standard InChI is InChI=1S/C23H28NO7P/c1-4-28-23(26)17(2)30-32(27,31-22-8-6-5-7-9-22)16-19-10-11-21-15-24(29-18(3)25)13-12-20(21)14-19/h5-11,14,17H,4,12-13,15-16H2,1-3H3/t17-,32?/m0/s1. The molecule has 0 aromatic heterocycles. The Kier molecular flexibility index (Phi) is 8.07. The zero-order valence-corrected chi connectivity index (χ0v) is 19.4. The number of hydrogen-bond acceptors (Lipinski definition) is 8. The highest BCUT2D eigenvalue weighted by Gasteiger charge is 2.33. The van der Waals surface area contributed by atoms with Crippen molar-refractivity contribution < 1.29 is 32.8 Å². The molecule has 0 bridgehead atoms. The fourth-order valence-electron chi connectivity index (χ4n) is 3.44. The first kappa shape index (κ1) is 24.0. The van der Waals surface area contributed by atoms with Gasteiger partial charge >= 0.3 is 19.5 Å². The number of nitrogens with zero attached hydrogens (tertiary/aromatic N) is 1. The van der Waals surface area contributed by atoms with Gasteiger partial charge in [-0.3, -0.25) is 9.32 Å². The SMILES string of the molecule is CCOC(=O)[C@H](C)OP(=O)(Cc1ccc2c(c1)CCN(OC(C)=O)C2)Oc1ccccc1. The van der Waals surface area contributed by atoms with Crippen LogP contribution in [0.3, 0.4) is 0 Å². The number of fused-ring (bicyclic) bond motifs is 1. The van der Waals surface area contributed by atoms with E-state index in [1.54, 1.807) is 36.3 Å². The molecular weight excluding hydrogens is 433 g/mol. The summed E-state index contributed by atoms with van der Waals surface area (Å²) in [5, 5.41) is 1.62. The number of benzene rings is 2. The number of carbonyl (C=O) groups is 2. The number of esters is 1. The van der Waals surface area contributed by atoms with E-state index in [0.717, 1.165) is 16.7 Å². The van der Waals surface area contributed by atoms with Gasteiger partial charge in [-0.1, -0.05) is 36.4 Å². The van der Waals surface area contributed by atoms with Crippen LogP contribution in [0.15, 0.2) is 48.5 Å². The van der Waals surface area contributed by atoms with E-state index in [1.165, 1.54) is 13.8 Å². The fraction of sp³-hybridized carbons (Fsp3) is 0.391. The van der Waals surface area contributed by atoms with E-state index in [9.17, 15) is 14.2 Å². The van der Waals surface area contributed by atoms with Crippen LogP contribution in [-0.2, 0) is 47.4 Å². The number of carbonyl (C=O) groups excluding carboxylic acids is 2. The van der Waals surface area contributed by atoms with Crippen LogP contribution in [0, 0.1) is 0 Å². The molecule has 0 N–H and O–H groups in total. The molecule has 172 valence electrons. The molecule has 0 fully saturated rings. The first-order chi connectivity index (χ1) is 15.3. The minimum atomic E-state index is -3.74. The summed E-state index contributed by atoms with van der Waals surface area (Å²) in [5.41, 5.74) is 2.87. The molecule has 2 atom stereocenters. The average molecular weight is 461 g/mol. The molecule has 1 unspecified atom stereocenters. The van der Waals surface area contributed by atoms with Crippen molar-refractivity contribution in [3.63, 3.8) is 0 Å². The lowest BCUT2D eigenvalue weighted by Crippen LogP contribution is -2.32. The normalized spacial score (nSPS) is 16.3. The zero-order valence-electron chi connectivity index (χ0n) is 18.5. The molecule has 0 aliphatic carbocycles. The summed E-state index contributed by atoms with van der Waals surface area (Å²) in [7, 11) is -3.74. The Bertz CT molecular complexity index is 995. The van der Waals surface area contributed by atoms with Crippen molar-refractivity contribution in [2.75, 3.05) is 13.2 Å². The van der Waals surface area contributed by atoms with Gasteiger partial charge in [0, 0.05) is 13.5 Å². The van der Waals surface area contributed by atoms with Crippen molar-refractivity contribution in [3.8, 4) is 5.75 Å². The number of rotatable bonds is 9. The van der Waals surface area contributed by atoms with E-state index in [1.807, 2.05) is 24.3 Å². The molecule has 0 spiro atoms. The Hall–Kier alpha value is -2.67. The molecule has 0 saturated heterocycles. The summed E-state index contributed by atoms with van der Waals surface area (Å²) in [6, 6.07) is 14.4. The number of hydrogen-bond donors (Lipinski definition) is 0. The van der Waals surface area contributed by atoms with Crippen LogP contribution in [0.2, 0.25) is 0 Å². The second-order valence-corrected chi connectivity index (χ2v) is 9.40. The zero-order chi connectivity index (χ0) is 23.1. The summed E-state index contributed by atoms with van der Waals surface area (Å²) >= 11 is 0. The van der Waals surface area contributed by atoms with E-state index in [0.29, 0.717) is 25.3 Å². The first-order valence-electron chi connectivity index (χ1n) is 10.5. The van der Waals surface area contributed by atoms with Crippen LogP contribution >= 0.6 is 7.60 Å². The summed E-state index contributed by atoms with van der Waals surface area (Å²) in [4.78, 5) is 28.4. The molecular formula is C23H28NO7P. The minimum absolute atomic E-state index is 0.00736. The lowest BCUT2D eigenvalue weighted by atomic mass is 9.99. The highest BCUT2D eigenvalue weighted by Crippen LogP contribution is 2.52. The minimum Gasteiger partial charge on any atom is -0.464 e. The maximum Gasteiger partial charge on any atom is 0.384 e. The topological polar surface area (TPSA) is 91.4 Å². The Morgan fingerprint density at radius 1 is 1.12 bits per heavy atom. The Morgan fingerprint density at radius 3 is 2.56 bits per heavy atom. The van der Waals surface area contributed by atoms with E-state index in [-0.39, 0.29) is 18.7 Å². The van der Waals surface area contributed by atoms with Crippen molar-refractivity contribution in [2.45, 2.75) is 46.0 Å². The molecule has 1 aliphatic heterocycles. The molecule has 2 aromatic rings. The Balaban J connectivity index is 1.79. The summed E-state index contributed by atoms with van der Waals surface area (Å²) < 4.78 is 30.1. The van der Waals surface area contributed by atoms with Gasteiger partial charge in [-0.05, 0) is 49.1 Å². The van der Waals surface area contributed by atoms with Crippen LogP contribution < -0.4 is 4.52 Å². The van der Waals surface area contributed by atoms with Crippen LogP contribution in [0.4, 0.5) is 0 Å². The van der Waals surface area contributed by atoms with Gasteiger partial charge in [-0.2, -0.15) is 0 Å². The summed E-state index contributed by atoms with van der Waals surface area (Å²) in [6.07, 6.45) is -0.369. The molecule has 2 aromatic carbocycles. The van der Waals surface area contributed by atoms with Crippen LogP contribution in [0.25, 0.3) is 0 Å². The third kappa shape index (κ3) is 6.66. The lowest BCUT2D eigenvalue weighted by molar-refractivity contribution is -0.192. The second-order valence-electron chi connectivity index (χ2n) is 7.47. The monoisotopic (exact) mass is 461 g/mol. The molecule has 32 heavy (non-hydrogen) atoms. The summed E-state index contributed by atoms with van der Waals surface area (Å²) in [5.74, 6) is -0.556. The van der Waals surface area contributed by atoms with Gasteiger partial charge in [-0.15, -0.1) is 5.06 Å². The molecule has 0 saturated carbocycles. The van der Waals surface area contributed by atoms with Gasteiger partial charge in [0.1, 0.15) is 5.75 Å². The van der Waals surface area contributed by atoms with Gasteiger partial charge in [0.15, 0.2) is 6.10 Å². The maximum atomic E-state index is 13.7. The van der Waals surface area contributed by atoms with Crippen molar-refractivity contribution in [2.24, 2.45) is 0 Å². The van der Waals surface area contributed by atoms with E-state index in [4.69, 9.17) is 18.6 Å². The average Bonchev–Trinajstić information content (AvgIpc) is 2.74. The predicted molar refractivity (Wildman–Crippen MR) is 118 cm³/mol. The number of hydroxylamine groups is 2. The van der Waals surface area contributed by atoms with Crippen molar-refractivity contribution in [3.05, 3.63) is 65.2 Å². The van der Waals surface area contributed by atoms with Gasteiger partial charge in [0.2, 0.25) is 0 Å². The second kappa shape index (κ2) is 10.8. The quantitative estimate of drug-likeness (QED) is 0.404. The van der Waals surface area contributed by atoms with Gasteiger partial charge in [0.25, 0.3) is 0 Å². The van der Waals surface area contributed by atoms with E-state index >= 15 is 0 Å². The van der Waals surface area contributed by atoms with Gasteiger partial charge in [0.05, 0.1) is 19.3 Å². The molecule has 3 rings (SSSR count). The fourth-order valence-corrected chi connectivity index (χ4v) is 5.28. The first-order valence-corrected chi connectivity index (χ1v) is 12.2. The lowest BCUT2D eigenvalue weighted by Gasteiger charge is -2.27. The molecule has 1 heterocycles. The third-order valence-electron chi connectivity index (χ3n) is 4.81. The van der Waals surface area contributed by atoms with Crippen molar-refractivity contribution in [1.29, 1.82) is 0 Å². The largest absolute Gasteiger partial charge is 0.464 e. The molecule has 9 heteroatoms. The van der Waals surface area contributed by atoms with Crippen LogP contribution in [0.1, 0.15) is 37.5 Å². The van der Waals surface area contributed by atoms with Gasteiger partial charge < -0.3 is 14.1 Å². The Morgan fingerprint density at radius 2 is 1.88 bits per heavy atom. The van der Waals surface area contributed by atoms with Crippen LogP contribution in [0.5, 0.6) is 5.75 Å². The van der Waals surface area contributed by atoms with Gasteiger partial charge in [-0.25, -0.2) is 9.36 Å². The molecule has 1 aliphatic rings. The number of para-hydroxylation sites is 1. The van der Waals surface area contributed by atoms with Crippen LogP contribution in [-0.4, -0.2) is 36.3 Å². The van der Waals surface area contributed by atoms with E-state index in [2.05, 4.69) is 0 Å². The molecule has 0 radical (unpaired) electrons. The third-order valence-corrected chi connectivity index (χ3v) is 6.69. The van der Waals surface area contributed by atoms with Crippen molar-refractivity contribution in [1.82, 2.24) is 5.06 Å². The summed E-state index contributed by atoms with van der Waals surface area (Å²) in [6.45, 7) is 5.83. The van der Waals surface area contributed by atoms with E-state index < -0.39 is 19.7 Å². The highest BCUT2D eigenvalue weighted by molar-refractivity contribution is 7.53. The highest BCUT2D eigenvalue weighted by atomic mass is 31.2. The smallest absolute Gasteiger partial charge is 0.384 e. The molecule has 0 amide bonds. The molecule has 8 nitrogen and oxygen atoms in total. The Labute approximate surface area is 187 Å². The maximum absolute atomic E-state index is 13.7. The van der Waals surface area contributed by atoms with Crippen molar-refractivity contribution >= 4 is 19.5 Å². The predicted octanol–water partition coefficient (Wildman–Crippen LogP) is 4.26.